The normalized spacial score (nSPS) is 19.5. The quantitative estimate of drug-likeness (QED) is 0.930. The van der Waals surface area contributed by atoms with Crippen LogP contribution in [0.2, 0.25) is 0 Å². The van der Waals surface area contributed by atoms with Gasteiger partial charge in [0, 0.05) is 29.9 Å². The third-order valence-corrected chi connectivity index (χ3v) is 4.07. The van der Waals surface area contributed by atoms with Gasteiger partial charge in [-0.2, -0.15) is 5.10 Å². The Morgan fingerprint density at radius 3 is 2.85 bits per heavy atom. The number of hydrogen-bond donors (Lipinski definition) is 1. The van der Waals surface area contributed by atoms with Crippen molar-refractivity contribution in [2.24, 2.45) is 0 Å². The summed E-state index contributed by atoms with van der Waals surface area (Å²) in [5.74, 6) is 1.04. The van der Waals surface area contributed by atoms with E-state index >= 15 is 0 Å². The smallest absolute Gasteiger partial charge is 0.159 e. The Kier molecular flexibility index (Phi) is 3.83. The first-order chi connectivity index (χ1) is 9.79. The maximum Gasteiger partial charge on any atom is 0.159 e. The Hall–Kier alpha value is -1.68. The summed E-state index contributed by atoms with van der Waals surface area (Å²) in [5.41, 5.74) is 1.00. The molecule has 1 unspecified atom stereocenters. The van der Waals surface area contributed by atoms with Crippen molar-refractivity contribution in [2.75, 3.05) is 24.5 Å². The number of anilines is 1. The van der Waals surface area contributed by atoms with Gasteiger partial charge in [-0.05, 0) is 26.3 Å². The molecule has 106 valence electrons. The summed E-state index contributed by atoms with van der Waals surface area (Å²) in [5, 5.41) is 14.8. The summed E-state index contributed by atoms with van der Waals surface area (Å²) in [4.78, 5) is 2.38. The van der Waals surface area contributed by atoms with Gasteiger partial charge in [-0.15, -0.1) is 5.10 Å². The van der Waals surface area contributed by atoms with Crippen molar-refractivity contribution < 1.29 is 0 Å². The van der Waals surface area contributed by atoms with Crippen molar-refractivity contribution >= 4 is 16.6 Å². The second-order valence-corrected chi connectivity index (χ2v) is 5.50. The Morgan fingerprint density at radius 2 is 2.05 bits per heavy atom. The Labute approximate surface area is 120 Å². The fraction of sp³-hybridized carbons (Fsp3) is 0.500. The first-order valence-electron chi connectivity index (χ1n) is 7.50. The van der Waals surface area contributed by atoms with Crippen molar-refractivity contribution in [3.05, 3.63) is 30.0 Å². The van der Waals surface area contributed by atoms with E-state index in [-0.39, 0.29) is 0 Å². The van der Waals surface area contributed by atoms with Crippen LogP contribution in [0, 0.1) is 6.92 Å². The summed E-state index contributed by atoms with van der Waals surface area (Å²) in [6, 6.07) is 9.00. The lowest BCUT2D eigenvalue weighted by Crippen LogP contribution is -2.46. The molecule has 0 bridgehead atoms. The first kappa shape index (κ1) is 13.3. The highest BCUT2D eigenvalue weighted by Gasteiger charge is 2.22. The minimum Gasteiger partial charge on any atom is -0.353 e. The topological polar surface area (TPSA) is 41.0 Å². The van der Waals surface area contributed by atoms with Gasteiger partial charge in [-0.25, -0.2) is 0 Å². The summed E-state index contributed by atoms with van der Waals surface area (Å²) >= 11 is 0. The first-order valence-corrected chi connectivity index (χ1v) is 7.50. The number of likely N-dealkylation sites (N-methyl/N-ethyl adjacent to an activating group) is 1. The lowest BCUT2D eigenvalue weighted by Gasteiger charge is -2.34. The molecule has 0 radical (unpaired) electrons. The molecule has 20 heavy (non-hydrogen) atoms. The number of aryl methyl sites for hydroxylation is 1. The highest BCUT2D eigenvalue weighted by Crippen LogP contribution is 2.27. The van der Waals surface area contributed by atoms with E-state index in [2.05, 4.69) is 51.6 Å². The van der Waals surface area contributed by atoms with Crippen LogP contribution in [0.1, 0.15) is 25.5 Å². The predicted molar refractivity (Wildman–Crippen MR) is 83.2 cm³/mol. The number of fused-ring (bicyclic) bond motifs is 1. The highest BCUT2D eigenvalue weighted by atomic mass is 15.3. The molecule has 1 fully saturated rings. The van der Waals surface area contributed by atoms with Crippen LogP contribution in [-0.2, 0) is 0 Å². The van der Waals surface area contributed by atoms with Crippen LogP contribution >= 0.6 is 0 Å². The maximum atomic E-state index is 4.47. The van der Waals surface area contributed by atoms with Crippen molar-refractivity contribution in [3.63, 3.8) is 0 Å². The lowest BCUT2D eigenvalue weighted by molar-refractivity contribution is 0.429. The molecular weight excluding hydrogens is 248 g/mol. The fourth-order valence-corrected chi connectivity index (χ4v) is 3.08. The van der Waals surface area contributed by atoms with Crippen molar-refractivity contribution in [2.45, 2.75) is 32.7 Å². The highest BCUT2D eigenvalue weighted by molar-refractivity contribution is 5.93. The number of rotatable bonds is 3. The van der Waals surface area contributed by atoms with Gasteiger partial charge in [0.15, 0.2) is 5.82 Å². The lowest BCUT2D eigenvalue weighted by atomic mass is 10.0. The molecule has 0 spiro atoms. The molecule has 2 aromatic rings. The van der Waals surface area contributed by atoms with E-state index in [0.717, 1.165) is 31.1 Å². The van der Waals surface area contributed by atoms with Crippen LogP contribution in [0.4, 0.5) is 5.82 Å². The second kappa shape index (κ2) is 5.75. The van der Waals surface area contributed by atoms with E-state index < -0.39 is 0 Å². The van der Waals surface area contributed by atoms with Gasteiger partial charge in [0.25, 0.3) is 0 Å². The average molecular weight is 270 g/mol. The van der Waals surface area contributed by atoms with Gasteiger partial charge < -0.3 is 10.2 Å². The van der Waals surface area contributed by atoms with E-state index in [1.165, 1.54) is 23.6 Å². The zero-order valence-electron chi connectivity index (χ0n) is 12.3. The van der Waals surface area contributed by atoms with Gasteiger partial charge in [0.2, 0.25) is 0 Å². The van der Waals surface area contributed by atoms with Gasteiger partial charge >= 0.3 is 0 Å². The second-order valence-electron chi connectivity index (χ2n) is 5.50. The largest absolute Gasteiger partial charge is 0.353 e. The molecule has 1 saturated heterocycles. The molecule has 2 heterocycles. The minimum atomic E-state index is 0.565. The Balaban J connectivity index is 1.95. The maximum absolute atomic E-state index is 4.47. The van der Waals surface area contributed by atoms with Crippen LogP contribution in [0.5, 0.6) is 0 Å². The fourth-order valence-electron chi connectivity index (χ4n) is 3.08. The van der Waals surface area contributed by atoms with Crippen LogP contribution in [0.3, 0.4) is 0 Å². The number of benzene rings is 1. The van der Waals surface area contributed by atoms with Crippen LogP contribution in [-0.4, -0.2) is 35.9 Å². The zero-order chi connectivity index (χ0) is 13.9. The number of piperidine rings is 1. The van der Waals surface area contributed by atoms with Crippen molar-refractivity contribution in [1.29, 1.82) is 0 Å². The summed E-state index contributed by atoms with van der Waals surface area (Å²) < 4.78 is 0. The molecule has 0 amide bonds. The SMILES string of the molecule is CCNC1CCCN(c2nnc(C)c3ccccc23)C1. The van der Waals surface area contributed by atoms with Gasteiger partial charge in [0.05, 0.1) is 5.69 Å². The van der Waals surface area contributed by atoms with Crippen LogP contribution in [0.25, 0.3) is 10.8 Å². The van der Waals surface area contributed by atoms with Gasteiger partial charge in [0.1, 0.15) is 0 Å². The third-order valence-electron chi connectivity index (χ3n) is 4.07. The number of nitrogens with zero attached hydrogens (tertiary/aromatic N) is 3. The molecule has 1 atom stereocenters. The molecule has 1 N–H and O–H groups in total. The van der Waals surface area contributed by atoms with E-state index in [0.29, 0.717) is 6.04 Å². The van der Waals surface area contributed by atoms with E-state index in [4.69, 9.17) is 0 Å². The number of hydrogen-bond acceptors (Lipinski definition) is 4. The van der Waals surface area contributed by atoms with Gasteiger partial charge in [-0.1, -0.05) is 31.2 Å². The van der Waals surface area contributed by atoms with Crippen LogP contribution < -0.4 is 10.2 Å². The number of aromatic nitrogens is 2. The summed E-state index contributed by atoms with van der Waals surface area (Å²) in [7, 11) is 0. The van der Waals surface area contributed by atoms with E-state index in [9.17, 15) is 0 Å². The van der Waals surface area contributed by atoms with Gasteiger partial charge in [-0.3, -0.25) is 0 Å². The third kappa shape index (κ3) is 2.48. The monoisotopic (exact) mass is 270 g/mol. The van der Waals surface area contributed by atoms with E-state index in [1.54, 1.807) is 0 Å². The van der Waals surface area contributed by atoms with Crippen molar-refractivity contribution in [1.82, 2.24) is 15.5 Å². The van der Waals surface area contributed by atoms with Crippen LogP contribution in [0.15, 0.2) is 24.3 Å². The summed E-state index contributed by atoms with van der Waals surface area (Å²) in [6.45, 7) is 7.31. The molecule has 4 nitrogen and oxygen atoms in total. The van der Waals surface area contributed by atoms with E-state index in [1.807, 2.05) is 6.92 Å². The zero-order valence-corrected chi connectivity index (χ0v) is 12.3. The molecule has 4 heteroatoms. The molecular formula is C16H22N4. The van der Waals surface area contributed by atoms with Crippen molar-refractivity contribution in [3.8, 4) is 0 Å². The molecule has 1 aliphatic heterocycles. The average Bonchev–Trinajstić information content (AvgIpc) is 2.49. The summed E-state index contributed by atoms with van der Waals surface area (Å²) in [6.07, 6.45) is 2.46. The molecule has 0 saturated carbocycles. The number of nitrogens with one attached hydrogen (secondary N) is 1. The molecule has 0 aliphatic carbocycles. The molecule has 1 aromatic carbocycles. The molecule has 1 aliphatic rings. The molecule has 3 rings (SSSR count). The standard InChI is InChI=1S/C16H22N4/c1-3-17-13-7-6-10-20(11-13)16-15-9-5-4-8-14(15)12(2)18-19-16/h4-5,8-9,13,17H,3,6-7,10-11H2,1-2H3. The predicted octanol–water partition coefficient (Wildman–Crippen LogP) is 2.52. The Morgan fingerprint density at radius 1 is 1.25 bits per heavy atom. The molecule has 1 aromatic heterocycles. The Bertz CT molecular complexity index is 594. The minimum absolute atomic E-state index is 0.565.